The van der Waals surface area contributed by atoms with Gasteiger partial charge in [0.2, 0.25) is 5.95 Å². The molecule has 1 amide bonds. The minimum absolute atomic E-state index is 0.279. The van der Waals surface area contributed by atoms with Crippen LogP contribution in [0.4, 0.5) is 11.6 Å². The zero-order valence-corrected chi connectivity index (χ0v) is 14.7. The van der Waals surface area contributed by atoms with Gasteiger partial charge in [0, 0.05) is 30.5 Å². The molecule has 1 N–H and O–H groups in total. The third-order valence-corrected chi connectivity index (χ3v) is 4.11. The Hall–Kier alpha value is -2.83. The van der Waals surface area contributed by atoms with Crippen LogP contribution in [0.25, 0.3) is 0 Å². The second-order valence-corrected chi connectivity index (χ2v) is 5.91. The highest BCUT2D eigenvalue weighted by Crippen LogP contribution is 2.30. The molecule has 3 rings (SSSR count). The third-order valence-electron chi connectivity index (χ3n) is 4.11. The molecule has 132 valence electrons. The van der Waals surface area contributed by atoms with Gasteiger partial charge >= 0.3 is 0 Å². The first-order chi connectivity index (χ1) is 12.1. The average molecular weight is 342 g/mol. The van der Waals surface area contributed by atoms with Crippen molar-refractivity contribution in [2.75, 3.05) is 37.5 Å². The van der Waals surface area contributed by atoms with Gasteiger partial charge in [0.25, 0.3) is 5.91 Å². The van der Waals surface area contributed by atoms with Crippen molar-refractivity contribution in [3.8, 4) is 11.5 Å². The summed E-state index contributed by atoms with van der Waals surface area (Å²) in [5, 5.41) is 2.85. The molecule has 1 aromatic carbocycles. The van der Waals surface area contributed by atoms with E-state index in [0.29, 0.717) is 28.8 Å². The van der Waals surface area contributed by atoms with Gasteiger partial charge in [0.05, 0.1) is 14.2 Å². The summed E-state index contributed by atoms with van der Waals surface area (Å²) in [6.07, 6.45) is 2.26. The zero-order valence-electron chi connectivity index (χ0n) is 14.7. The highest BCUT2D eigenvalue weighted by molar-refractivity contribution is 6.03. The van der Waals surface area contributed by atoms with E-state index in [1.807, 2.05) is 6.92 Å². The Morgan fingerprint density at radius 2 is 1.80 bits per heavy atom. The van der Waals surface area contributed by atoms with Crippen LogP contribution in [-0.2, 0) is 0 Å². The van der Waals surface area contributed by atoms with Gasteiger partial charge in [-0.1, -0.05) is 0 Å². The first-order valence-electron chi connectivity index (χ1n) is 8.24. The quantitative estimate of drug-likeness (QED) is 0.900. The number of amides is 1. The largest absolute Gasteiger partial charge is 0.493 e. The minimum atomic E-state index is -0.279. The molecule has 0 unspecified atom stereocenters. The molecule has 0 radical (unpaired) electrons. The maximum atomic E-state index is 12.6. The third kappa shape index (κ3) is 3.81. The fourth-order valence-electron chi connectivity index (χ4n) is 2.84. The van der Waals surface area contributed by atoms with Crippen LogP contribution >= 0.6 is 0 Å². The smallest absolute Gasteiger partial charge is 0.274 e. The SMILES string of the molecule is COc1ccc(NC(=O)c2cc(C)nc(N3CCCC3)n2)cc1OC. The van der Waals surface area contributed by atoms with Crippen molar-refractivity contribution in [1.82, 2.24) is 9.97 Å². The van der Waals surface area contributed by atoms with Gasteiger partial charge in [-0.25, -0.2) is 9.97 Å². The van der Waals surface area contributed by atoms with Gasteiger partial charge in [-0.15, -0.1) is 0 Å². The highest BCUT2D eigenvalue weighted by atomic mass is 16.5. The summed E-state index contributed by atoms with van der Waals surface area (Å²) in [6.45, 7) is 3.73. The van der Waals surface area contributed by atoms with Crippen LogP contribution in [0.15, 0.2) is 24.3 Å². The number of benzene rings is 1. The molecule has 0 atom stereocenters. The normalized spacial score (nSPS) is 13.6. The predicted octanol–water partition coefficient (Wildman–Crippen LogP) is 2.65. The van der Waals surface area contributed by atoms with Crippen molar-refractivity contribution in [3.05, 3.63) is 35.7 Å². The number of methoxy groups -OCH3 is 2. The molecular weight excluding hydrogens is 320 g/mol. The van der Waals surface area contributed by atoms with Crippen molar-refractivity contribution >= 4 is 17.5 Å². The van der Waals surface area contributed by atoms with Crippen LogP contribution in [0.5, 0.6) is 11.5 Å². The van der Waals surface area contributed by atoms with Gasteiger partial charge in [0.15, 0.2) is 11.5 Å². The Balaban J connectivity index is 1.81. The lowest BCUT2D eigenvalue weighted by Crippen LogP contribution is -2.23. The number of anilines is 2. The summed E-state index contributed by atoms with van der Waals surface area (Å²) in [4.78, 5) is 23.6. The summed E-state index contributed by atoms with van der Waals surface area (Å²) < 4.78 is 10.5. The van der Waals surface area contributed by atoms with Crippen molar-refractivity contribution in [1.29, 1.82) is 0 Å². The fourth-order valence-corrected chi connectivity index (χ4v) is 2.84. The van der Waals surface area contributed by atoms with E-state index in [1.165, 1.54) is 0 Å². The van der Waals surface area contributed by atoms with Crippen LogP contribution in [0, 0.1) is 6.92 Å². The lowest BCUT2D eigenvalue weighted by molar-refractivity contribution is 0.102. The highest BCUT2D eigenvalue weighted by Gasteiger charge is 2.18. The van der Waals surface area contributed by atoms with E-state index in [0.717, 1.165) is 31.6 Å². The molecule has 2 aromatic rings. The number of aromatic nitrogens is 2. The second-order valence-electron chi connectivity index (χ2n) is 5.91. The van der Waals surface area contributed by atoms with Gasteiger partial charge in [-0.2, -0.15) is 0 Å². The summed E-state index contributed by atoms with van der Waals surface area (Å²) in [7, 11) is 3.12. The lowest BCUT2D eigenvalue weighted by Gasteiger charge is -2.16. The van der Waals surface area contributed by atoms with Crippen LogP contribution in [0.1, 0.15) is 29.0 Å². The van der Waals surface area contributed by atoms with Crippen LogP contribution in [0.2, 0.25) is 0 Å². The molecule has 0 spiro atoms. The topological polar surface area (TPSA) is 76.6 Å². The van der Waals surface area contributed by atoms with E-state index >= 15 is 0 Å². The number of ether oxygens (including phenoxy) is 2. The second kappa shape index (κ2) is 7.38. The van der Waals surface area contributed by atoms with Gasteiger partial charge in [-0.3, -0.25) is 4.79 Å². The Morgan fingerprint density at radius 3 is 2.48 bits per heavy atom. The average Bonchev–Trinajstić information content (AvgIpc) is 3.15. The maximum absolute atomic E-state index is 12.6. The number of hydrogen-bond acceptors (Lipinski definition) is 6. The van der Waals surface area contributed by atoms with Gasteiger partial charge in [0.1, 0.15) is 5.69 Å². The number of carbonyl (C=O) groups excluding carboxylic acids is 1. The molecule has 2 heterocycles. The van der Waals surface area contributed by atoms with Gasteiger partial charge in [-0.05, 0) is 38.0 Å². The lowest BCUT2D eigenvalue weighted by atomic mass is 10.2. The van der Waals surface area contributed by atoms with Crippen LogP contribution < -0.4 is 19.7 Å². The van der Waals surface area contributed by atoms with E-state index in [-0.39, 0.29) is 5.91 Å². The molecule has 1 saturated heterocycles. The Kier molecular flexibility index (Phi) is 5.02. The number of nitrogens with one attached hydrogen (secondary N) is 1. The predicted molar refractivity (Wildman–Crippen MR) is 95.7 cm³/mol. The molecule has 1 aromatic heterocycles. The zero-order chi connectivity index (χ0) is 17.8. The number of carbonyl (C=O) groups is 1. The van der Waals surface area contributed by atoms with Crippen LogP contribution in [-0.4, -0.2) is 43.2 Å². The number of aryl methyl sites for hydroxylation is 1. The first-order valence-corrected chi connectivity index (χ1v) is 8.24. The van der Waals surface area contributed by atoms with Crippen molar-refractivity contribution in [3.63, 3.8) is 0 Å². The molecular formula is C18H22N4O3. The summed E-state index contributed by atoms with van der Waals surface area (Å²) in [5.41, 5.74) is 1.74. The number of hydrogen-bond donors (Lipinski definition) is 1. The molecule has 25 heavy (non-hydrogen) atoms. The van der Waals surface area contributed by atoms with E-state index in [2.05, 4.69) is 20.2 Å². The van der Waals surface area contributed by atoms with Crippen molar-refractivity contribution in [2.45, 2.75) is 19.8 Å². The first kappa shape index (κ1) is 17.0. The fraction of sp³-hybridized carbons (Fsp3) is 0.389. The standard InChI is InChI=1S/C18H22N4O3/c1-12-10-14(21-18(19-12)22-8-4-5-9-22)17(23)20-13-6-7-15(24-2)16(11-13)25-3/h6-7,10-11H,4-5,8-9H2,1-3H3,(H,20,23). The summed E-state index contributed by atoms with van der Waals surface area (Å²) >= 11 is 0. The molecule has 0 aliphatic carbocycles. The van der Waals surface area contributed by atoms with E-state index < -0.39 is 0 Å². The Bertz CT molecular complexity index is 773. The molecule has 7 nitrogen and oxygen atoms in total. The Labute approximate surface area is 147 Å². The maximum Gasteiger partial charge on any atom is 0.274 e. The molecule has 0 saturated carbocycles. The summed E-state index contributed by atoms with van der Waals surface area (Å²) in [5.74, 6) is 1.50. The minimum Gasteiger partial charge on any atom is -0.493 e. The number of nitrogens with zero attached hydrogens (tertiary/aromatic N) is 3. The molecule has 1 aliphatic heterocycles. The van der Waals surface area contributed by atoms with Crippen LogP contribution in [0.3, 0.4) is 0 Å². The van der Waals surface area contributed by atoms with E-state index in [1.54, 1.807) is 38.5 Å². The monoisotopic (exact) mass is 342 g/mol. The molecule has 1 aliphatic rings. The number of rotatable bonds is 5. The van der Waals surface area contributed by atoms with Gasteiger partial charge < -0.3 is 19.7 Å². The van der Waals surface area contributed by atoms with E-state index in [4.69, 9.17) is 9.47 Å². The van der Waals surface area contributed by atoms with E-state index in [9.17, 15) is 4.79 Å². The molecule has 7 heteroatoms. The summed E-state index contributed by atoms with van der Waals surface area (Å²) in [6, 6.07) is 6.91. The van der Waals surface area contributed by atoms with Crippen molar-refractivity contribution in [2.24, 2.45) is 0 Å². The molecule has 1 fully saturated rings. The Morgan fingerprint density at radius 1 is 1.08 bits per heavy atom. The molecule has 0 bridgehead atoms. The van der Waals surface area contributed by atoms with Crippen molar-refractivity contribution < 1.29 is 14.3 Å².